The predicted molar refractivity (Wildman–Crippen MR) is 71.3 cm³/mol. The van der Waals surface area contributed by atoms with Crippen molar-refractivity contribution in [2.24, 2.45) is 0 Å². The first-order valence-electron chi connectivity index (χ1n) is 5.55. The van der Waals surface area contributed by atoms with Crippen LogP contribution in [-0.2, 0) is 6.54 Å². The fourth-order valence-corrected chi connectivity index (χ4v) is 1.79. The fourth-order valence-electron chi connectivity index (χ4n) is 1.56. The Labute approximate surface area is 118 Å². The summed E-state index contributed by atoms with van der Waals surface area (Å²) < 4.78 is 0. The molecule has 0 atom stereocenters. The average Bonchev–Trinajstić information content (AvgIpc) is 2.45. The monoisotopic (exact) mass is 292 g/mol. The van der Waals surface area contributed by atoms with Crippen LogP contribution in [0.15, 0.2) is 36.8 Å². The fraction of sp³-hybridized carbons (Fsp3) is 0.0833. The second kappa shape index (κ2) is 6.07. The van der Waals surface area contributed by atoms with Gasteiger partial charge in [-0.15, -0.1) is 0 Å². The standard InChI is InChI=1S/C12H9ClN4O3/c13-11-10(17(19)20)9(3-6-15-11)12(18)16-7-8-1-4-14-5-2-8/h1-6H,7H2,(H,16,18). The van der Waals surface area contributed by atoms with Crippen LogP contribution in [0.3, 0.4) is 0 Å². The van der Waals surface area contributed by atoms with Gasteiger partial charge >= 0.3 is 5.69 Å². The highest BCUT2D eigenvalue weighted by atomic mass is 35.5. The second-order valence-corrected chi connectivity index (χ2v) is 4.15. The Morgan fingerprint density at radius 2 is 2.00 bits per heavy atom. The van der Waals surface area contributed by atoms with Crippen LogP contribution in [0.1, 0.15) is 15.9 Å². The lowest BCUT2D eigenvalue weighted by Crippen LogP contribution is -2.24. The molecule has 1 N–H and O–H groups in total. The molecule has 0 bridgehead atoms. The lowest BCUT2D eigenvalue weighted by molar-refractivity contribution is -0.385. The van der Waals surface area contributed by atoms with Gasteiger partial charge in [-0.1, -0.05) is 11.6 Å². The zero-order chi connectivity index (χ0) is 14.5. The van der Waals surface area contributed by atoms with Crippen LogP contribution < -0.4 is 5.32 Å². The number of hydrogen-bond donors (Lipinski definition) is 1. The van der Waals surface area contributed by atoms with Crippen molar-refractivity contribution in [3.63, 3.8) is 0 Å². The first-order chi connectivity index (χ1) is 9.59. The minimum Gasteiger partial charge on any atom is -0.348 e. The van der Waals surface area contributed by atoms with Crippen LogP contribution in [0.4, 0.5) is 5.69 Å². The van der Waals surface area contributed by atoms with E-state index in [0.29, 0.717) is 0 Å². The van der Waals surface area contributed by atoms with Crippen LogP contribution in [0.5, 0.6) is 0 Å². The number of pyridine rings is 2. The van der Waals surface area contributed by atoms with Gasteiger partial charge in [0.1, 0.15) is 5.56 Å². The first-order valence-corrected chi connectivity index (χ1v) is 5.93. The number of nitrogens with zero attached hydrogens (tertiary/aromatic N) is 3. The molecule has 2 aromatic heterocycles. The van der Waals surface area contributed by atoms with Crippen molar-refractivity contribution in [1.29, 1.82) is 0 Å². The number of hydrogen-bond acceptors (Lipinski definition) is 5. The van der Waals surface area contributed by atoms with Gasteiger partial charge in [0.2, 0.25) is 5.15 Å². The van der Waals surface area contributed by atoms with Gasteiger partial charge in [-0.2, -0.15) is 0 Å². The van der Waals surface area contributed by atoms with E-state index in [-0.39, 0.29) is 17.3 Å². The average molecular weight is 293 g/mol. The molecule has 0 aromatic carbocycles. The second-order valence-electron chi connectivity index (χ2n) is 3.79. The van der Waals surface area contributed by atoms with E-state index in [2.05, 4.69) is 15.3 Å². The number of aromatic nitrogens is 2. The molecule has 0 unspecified atom stereocenters. The van der Waals surface area contributed by atoms with Crippen LogP contribution in [0.2, 0.25) is 5.15 Å². The maximum atomic E-state index is 12.0. The maximum absolute atomic E-state index is 12.0. The summed E-state index contributed by atoms with van der Waals surface area (Å²) >= 11 is 5.64. The summed E-state index contributed by atoms with van der Waals surface area (Å²) in [7, 11) is 0. The third-order valence-electron chi connectivity index (χ3n) is 2.51. The van der Waals surface area contributed by atoms with E-state index in [1.165, 1.54) is 12.3 Å². The normalized spacial score (nSPS) is 10.1. The van der Waals surface area contributed by atoms with E-state index >= 15 is 0 Å². The molecule has 0 saturated heterocycles. The van der Waals surface area contributed by atoms with Crippen molar-refractivity contribution < 1.29 is 9.72 Å². The zero-order valence-corrected chi connectivity index (χ0v) is 10.9. The Hall–Kier alpha value is -2.54. The van der Waals surface area contributed by atoms with E-state index in [1.807, 2.05) is 0 Å². The minimum atomic E-state index is -0.726. The summed E-state index contributed by atoms with van der Waals surface area (Å²) in [4.78, 5) is 29.6. The largest absolute Gasteiger partial charge is 0.348 e. The quantitative estimate of drug-likeness (QED) is 0.528. The van der Waals surface area contributed by atoms with E-state index in [4.69, 9.17) is 11.6 Å². The molecule has 0 saturated carbocycles. The van der Waals surface area contributed by atoms with Crippen LogP contribution in [0, 0.1) is 10.1 Å². The van der Waals surface area contributed by atoms with Crippen molar-refractivity contribution in [1.82, 2.24) is 15.3 Å². The van der Waals surface area contributed by atoms with E-state index < -0.39 is 16.5 Å². The highest BCUT2D eigenvalue weighted by Gasteiger charge is 2.24. The molecule has 0 aliphatic rings. The number of carbonyl (C=O) groups excluding carboxylic acids is 1. The molecule has 0 aliphatic heterocycles. The maximum Gasteiger partial charge on any atom is 0.319 e. The third kappa shape index (κ3) is 3.07. The third-order valence-corrected chi connectivity index (χ3v) is 2.79. The number of halogens is 1. The van der Waals surface area contributed by atoms with E-state index in [1.54, 1.807) is 24.5 Å². The molecular formula is C12H9ClN4O3. The zero-order valence-electron chi connectivity index (χ0n) is 10.1. The summed E-state index contributed by atoms with van der Waals surface area (Å²) in [5.41, 5.74) is 0.210. The van der Waals surface area contributed by atoms with Crippen LogP contribution >= 0.6 is 11.6 Å². The minimum absolute atomic E-state index is 0.121. The highest BCUT2D eigenvalue weighted by Crippen LogP contribution is 2.25. The number of amides is 1. The Morgan fingerprint density at radius 3 is 2.65 bits per heavy atom. The highest BCUT2D eigenvalue weighted by molar-refractivity contribution is 6.32. The summed E-state index contributed by atoms with van der Waals surface area (Å²) in [6, 6.07) is 4.72. The van der Waals surface area contributed by atoms with E-state index in [9.17, 15) is 14.9 Å². The topological polar surface area (TPSA) is 98.0 Å². The summed E-state index contributed by atoms with van der Waals surface area (Å²) in [5, 5.41) is 13.2. The van der Waals surface area contributed by atoms with Crippen molar-refractivity contribution in [2.75, 3.05) is 0 Å². The molecule has 7 nitrogen and oxygen atoms in total. The first kappa shape index (κ1) is 13.9. The van der Waals surface area contributed by atoms with Crippen molar-refractivity contribution in [3.8, 4) is 0 Å². The molecule has 20 heavy (non-hydrogen) atoms. The molecule has 0 radical (unpaired) electrons. The Bertz CT molecular complexity index is 648. The molecule has 8 heteroatoms. The Morgan fingerprint density at radius 1 is 1.30 bits per heavy atom. The van der Waals surface area contributed by atoms with Gasteiger partial charge in [-0.25, -0.2) is 4.98 Å². The lowest BCUT2D eigenvalue weighted by atomic mass is 10.2. The Kier molecular flexibility index (Phi) is 4.21. The molecule has 2 aromatic rings. The van der Waals surface area contributed by atoms with Gasteiger partial charge in [0.15, 0.2) is 0 Å². The lowest BCUT2D eigenvalue weighted by Gasteiger charge is -2.06. The van der Waals surface area contributed by atoms with Crippen molar-refractivity contribution >= 4 is 23.2 Å². The summed E-state index contributed by atoms with van der Waals surface area (Å²) in [6.07, 6.45) is 4.43. The van der Waals surface area contributed by atoms with E-state index in [0.717, 1.165) is 5.56 Å². The SMILES string of the molecule is O=C(NCc1ccncc1)c1ccnc(Cl)c1[N+](=O)[O-]. The van der Waals surface area contributed by atoms with Crippen molar-refractivity contribution in [2.45, 2.75) is 6.54 Å². The molecule has 0 fully saturated rings. The van der Waals surface area contributed by atoms with Gasteiger partial charge in [0, 0.05) is 25.1 Å². The van der Waals surface area contributed by atoms with Gasteiger partial charge < -0.3 is 5.32 Å². The Balaban J connectivity index is 2.18. The van der Waals surface area contributed by atoms with Gasteiger partial charge in [0.05, 0.1) is 4.92 Å². The molecule has 2 rings (SSSR count). The van der Waals surface area contributed by atoms with Gasteiger partial charge in [-0.3, -0.25) is 19.9 Å². The molecule has 2 heterocycles. The number of nitrogens with one attached hydrogen (secondary N) is 1. The molecule has 0 aliphatic carbocycles. The smallest absolute Gasteiger partial charge is 0.319 e. The predicted octanol–water partition coefficient (Wildman–Crippen LogP) is 1.97. The summed E-state index contributed by atoms with van der Waals surface area (Å²) in [5.74, 6) is -0.585. The van der Waals surface area contributed by atoms with Crippen LogP contribution in [-0.4, -0.2) is 20.8 Å². The van der Waals surface area contributed by atoms with Crippen molar-refractivity contribution in [3.05, 3.63) is 63.2 Å². The molecule has 1 amide bonds. The number of nitro groups is 1. The van der Waals surface area contributed by atoms with Crippen LogP contribution in [0.25, 0.3) is 0 Å². The molecule has 0 spiro atoms. The number of carbonyl (C=O) groups is 1. The van der Waals surface area contributed by atoms with Gasteiger partial charge in [-0.05, 0) is 23.8 Å². The summed E-state index contributed by atoms with van der Waals surface area (Å²) in [6.45, 7) is 0.235. The number of rotatable bonds is 4. The molecule has 102 valence electrons. The van der Waals surface area contributed by atoms with Gasteiger partial charge in [0.25, 0.3) is 5.91 Å². The molecular weight excluding hydrogens is 284 g/mol.